The number of ether oxygens (including phenoxy) is 1. The molecule has 0 aliphatic rings. The summed E-state index contributed by atoms with van der Waals surface area (Å²) in [5.41, 5.74) is 6.05. The summed E-state index contributed by atoms with van der Waals surface area (Å²) in [7, 11) is 1.62. The molecule has 0 spiro atoms. The van der Waals surface area contributed by atoms with E-state index in [1.807, 2.05) is 13.2 Å². The lowest BCUT2D eigenvalue weighted by Crippen LogP contribution is -2.28. The predicted molar refractivity (Wildman–Crippen MR) is 93.3 cm³/mol. The van der Waals surface area contributed by atoms with Crippen molar-refractivity contribution in [3.8, 4) is 0 Å². The van der Waals surface area contributed by atoms with Gasteiger partial charge in [-0.25, -0.2) is 4.79 Å². The van der Waals surface area contributed by atoms with Gasteiger partial charge < -0.3 is 15.8 Å². The number of nitrogens with one attached hydrogen (secondary N) is 1. The lowest BCUT2D eigenvalue weighted by molar-refractivity contribution is -0.119. The van der Waals surface area contributed by atoms with Gasteiger partial charge in [-0.3, -0.25) is 14.0 Å². The molecule has 2 aromatic heterocycles. The number of esters is 1. The predicted octanol–water partition coefficient (Wildman–Crippen LogP) is 1.08. The average molecular weight is 367 g/mol. The van der Waals surface area contributed by atoms with Crippen molar-refractivity contribution < 1.29 is 14.3 Å². The number of nitrogens with zero attached hydrogens (tertiary/aromatic N) is 5. The second kappa shape index (κ2) is 8.01. The average Bonchev–Trinajstić information content (AvgIpc) is 3.13. The third-order valence-electron chi connectivity index (χ3n) is 3.55. The fourth-order valence-corrected chi connectivity index (χ4v) is 2.89. The summed E-state index contributed by atoms with van der Waals surface area (Å²) in [5.74, 6) is -0.479. The first-order valence-electron chi connectivity index (χ1n) is 7.68. The molecule has 1 atom stereocenters. The standard InChI is InChI=1S/C14H21N7O3S/c1-5-9(21-13(15)18-19-14(21)25-4)11(22)17-10-8(7-16-20(10)3)12(23)24-6-2/h7,9H,5-6H2,1-4H3,(H2,15,18)(H,17,22). The minimum absolute atomic E-state index is 0.155. The van der Waals surface area contributed by atoms with E-state index in [0.29, 0.717) is 11.6 Å². The summed E-state index contributed by atoms with van der Waals surface area (Å²) in [5, 5.41) is 15.1. The van der Waals surface area contributed by atoms with E-state index < -0.39 is 12.0 Å². The summed E-state index contributed by atoms with van der Waals surface area (Å²) in [6.45, 7) is 3.79. The molecule has 11 heteroatoms. The lowest BCUT2D eigenvalue weighted by Gasteiger charge is -2.19. The first kappa shape index (κ1) is 18.8. The Morgan fingerprint density at radius 1 is 1.40 bits per heavy atom. The van der Waals surface area contributed by atoms with Gasteiger partial charge in [-0.1, -0.05) is 18.7 Å². The van der Waals surface area contributed by atoms with E-state index in [-0.39, 0.29) is 29.8 Å². The highest BCUT2D eigenvalue weighted by Gasteiger charge is 2.27. The third kappa shape index (κ3) is 3.76. The first-order valence-corrected chi connectivity index (χ1v) is 8.91. The minimum atomic E-state index is -0.623. The van der Waals surface area contributed by atoms with Crippen LogP contribution in [0.1, 0.15) is 36.7 Å². The van der Waals surface area contributed by atoms with Gasteiger partial charge in [0.1, 0.15) is 17.4 Å². The summed E-state index contributed by atoms with van der Waals surface area (Å²) in [6, 6.07) is -0.623. The van der Waals surface area contributed by atoms with Crippen molar-refractivity contribution in [1.82, 2.24) is 24.5 Å². The van der Waals surface area contributed by atoms with Gasteiger partial charge in [-0.15, -0.1) is 10.2 Å². The Morgan fingerprint density at radius 3 is 2.72 bits per heavy atom. The lowest BCUT2D eigenvalue weighted by atomic mass is 10.2. The van der Waals surface area contributed by atoms with E-state index >= 15 is 0 Å². The van der Waals surface area contributed by atoms with Crippen molar-refractivity contribution in [3.63, 3.8) is 0 Å². The quantitative estimate of drug-likeness (QED) is 0.549. The van der Waals surface area contributed by atoms with Crippen LogP contribution in [0.2, 0.25) is 0 Å². The number of carbonyl (C=O) groups excluding carboxylic acids is 2. The van der Waals surface area contributed by atoms with Crippen LogP contribution in [-0.2, 0) is 16.6 Å². The molecule has 0 radical (unpaired) electrons. The molecule has 0 aromatic carbocycles. The number of nitrogen functional groups attached to an aromatic ring is 1. The fourth-order valence-electron chi connectivity index (χ4n) is 2.35. The molecular weight excluding hydrogens is 346 g/mol. The van der Waals surface area contributed by atoms with E-state index in [4.69, 9.17) is 10.5 Å². The first-order chi connectivity index (χ1) is 11.9. The molecule has 2 aromatic rings. The van der Waals surface area contributed by atoms with Crippen molar-refractivity contribution in [1.29, 1.82) is 0 Å². The number of anilines is 2. The Hall–Kier alpha value is -2.56. The summed E-state index contributed by atoms with van der Waals surface area (Å²) >= 11 is 1.34. The van der Waals surface area contributed by atoms with E-state index in [1.165, 1.54) is 22.6 Å². The monoisotopic (exact) mass is 367 g/mol. The Morgan fingerprint density at radius 2 is 2.12 bits per heavy atom. The third-order valence-corrected chi connectivity index (χ3v) is 4.19. The fraction of sp³-hybridized carbons (Fsp3) is 0.500. The molecule has 0 bridgehead atoms. The Balaban J connectivity index is 2.31. The Bertz CT molecular complexity index is 771. The normalized spacial score (nSPS) is 12.0. The van der Waals surface area contributed by atoms with Crippen LogP contribution in [0.5, 0.6) is 0 Å². The van der Waals surface area contributed by atoms with E-state index in [2.05, 4.69) is 20.6 Å². The van der Waals surface area contributed by atoms with Gasteiger partial charge in [-0.2, -0.15) is 5.10 Å². The van der Waals surface area contributed by atoms with Crippen LogP contribution in [0.25, 0.3) is 0 Å². The molecule has 0 saturated heterocycles. The van der Waals surface area contributed by atoms with E-state index in [9.17, 15) is 9.59 Å². The van der Waals surface area contributed by atoms with Crippen LogP contribution in [0.15, 0.2) is 11.4 Å². The highest BCUT2D eigenvalue weighted by Crippen LogP contribution is 2.25. The number of nitrogens with two attached hydrogens (primary N) is 1. The number of aryl methyl sites for hydroxylation is 1. The second-order valence-electron chi connectivity index (χ2n) is 5.08. The number of rotatable bonds is 7. The van der Waals surface area contributed by atoms with Gasteiger partial charge in [0.25, 0.3) is 0 Å². The molecule has 10 nitrogen and oxygen atoms in total. The van der Waals surface area contributed by atoms with Crippen molar-refractivity contribution in [2.24, 2.45) is 7.05 Å². The maximum Gasteiger partial charge on any atom is 0.343 e. The molecule has 0 fully saturated rings. The molecule has 2 rings (SSSR count). The van der Waals surface area contributed by atoms with Crippen LogP contribution in [0, 0.1) is 0 Å². The number of aromatic nitrogens is 5. The van der Waals surface area contributed by atoms with Crippen molar-refractivity contribution in [3.05, 3.63) is 11.8 Å². The Labute approximate surface area is 149 Å². The van der Waals surface area contributed by atoms with Gasteiger partial charge in [-0.05, 0) is 19.6 Å². The maximum absolute atomic E-state index is 12.8. The highest BCUT2D eigenvalue weighted by molar-refractivity contribution is 7.98. The molecule has 25 heavy (non-hydrogen) atoms. The van der Waals surface area contributed by atoms with Crippen molar-refractivity contribution in [2.45, 2.75) is 31.5 Å². The molecule has 0 aliphatic carbocycles. The number of thioether (sulfide) groups is 1. The summed E-state index contributed by atoms with van der Waals surface area (Å²) < 4.78 is 7.96. The van der Waals surface area contributed by atoms with Gasteiger partial charge in [0.15, 0.2) is 5.16 Å². The van der Waals surface area contributed by atoms with Crippen molar-refractivity contribution in [2.75, 3.05) is 23.9 Å². The van der Waals surface area contributed by atoms with Gasteiger partial charge >= 0.3 is 5.97 Å². The minimum Gasteiger partial charge on any atom is -0.462 e. The number of carbonyl (C=O) groups is 2. The summed E-state index contributed by atoms with van der Waals surface area (Å²) in [4.78, 5) is 24.8. The van der Waals surface area contributed by atoms with Crippen LogP contribution in [0.3, 0.4) is 0 Å². The molecule has 2 heterocycles. The topological polar surface area (TPSA) is 130 Å². The highest BCUT2D eigenvalue weighted by atomic mass is 32.2. The Kier molecular flexibility index (Phi) is 6.02. The summed E-state index contributed by atoms with van der Waals surface area (Å²) in [6.07, 6.45) is 3.65. The number of amides is 1. The van der Waals surface area contributed by atoms with E-state index in [0.717, 1.165) is 0 Å². The molecule has 136 valence electrons. The number of hydrogen-bond acceptors (Lipinski definition) is 8. The van der Waals surface area contributed by atoms with Crippen molar-refractivity contribution >= 4 is 35.4 Å². The zero-order valence-electron chi connectivity index (χ0n) is 14.5. The molecule has 0 saturated carbocycles. The van der Waals surface area contributed by atoms with Crippen LogP contribution < -0.4 is 11.1 Å². The maximum atomic E-state index is 12.8. The van der Waals surface area contributed by atoms with Gasteiger partial charge in [0, 0.05) is 7.05 Å². The molecule has 0 aliphatic heterocycles. The smallest absolute Gasteiger partial charge is 0.343 e. The molecule has 1 unspecified atom stereocenters. The van der Waals surface area contributed by atoms with E-state index in [1.54, 1.807) is 18.5 Å². The second-order valence-corrected chi connectivity index (χ2v) is 5.85. The largest absolute Gasteiger partial charge is 0.462 e. The molecule has 1 amide bonds. The van der Waals surface area contributed by atoms with Crippen LogP contribution >= 0.6 is 11.8 Å². The van der Waals surface area contributed by atoms with Crippen LogP contribution in [-0.4, -0.2) is 49.3 Å². The molecular formula is C14H21N7O3S. The molecule has 3 N–H and O–H groups in total. The SMILES string of the molecule is CCOC(=O)c1cnn(C)c1NC(=O)C(CC)n1c(N)nnc1SC. The zero-order valence-corrected chi connectivity index (χ0v) is 15.3. The zero-order chi connectivity index (χ0) is 18.6. The van der Waals surface area contributed by atoms with Gasteiger partial charge in [0.05, 0.1) is 12.8 Å². The number of hydrogen-bond donors (Lipinski definition) is 2. The van der Waals surface area contributed by atoms with Crippen LogP contribution in [0.4, 0.5) is 11.8 Å². The van der Waals surface area contributed by atoms with Gasteiger partial charge in [0.2, 0.25) is 11.9 Å².